The monoisotopic (exact) mass is 340 g/mol. The first-order chi connectivity index (χ1) is 12.7. The quantitative estimate of drug-likeness (QED) is 0.409. The number of nitrogens with zero attached hydrogens (tertiary/aromatic N) is 2. The van der Waals surface area contributed by atoms with E-state index in [0.717, 1.165) is 11.3 Å². The molecule has 0 aliphatic carbocycles. The lowest BCUT2D eigenvalue weighted by Gasteiger charge is -2.34. The third-order valence-corrected chi connectivity index (χ3v) is 4.69. The molecule has 1 heterocycles. The maximum atomic E-state index is 11.5. The van der Waals surface area contributed by atoms with E-state index in [-0.39, 0.29) is 17.5 Å². The molecule has 0 saturated carbocycles. The smallest absolute Gasteiger partial charge is 0.323 e. The highest BCUT2D eigenvalue weighted by molar-refractivity contribution is 6.83. The van der Waals surface area contributed by atoms with Crippen LogP contribution in [0.2, 0.25) is 0 Å². The molecule has 3 aromatic rings. The summed E-state index contributed by atoms with van der Waals surface area (Å²) in [6.07, 6.45) is 2.05. The third kappa shape index (κ3) is 2.99. The van der Waals surface area contributed by atoms with Gasteiger partial charge in [0.2, 0.25) is 0 Å². The Morgan fingerprint density at radius 1 is 0.885 bits per heavy atom. The van der Waals surface area contributed by atoms with E-state index in [1.807, 2.05) is 48.4 Å². The van der Waals surface area contributed by atoms with E-state index in [4.69, 9.17) is 0 Å². The second-order valence-corrected chi connectivity index (χ2v) is 6.29. The minimum atomic E-state index is -0.301. The number of rotatable bonds is 4. The summed E-state index contributed by atoms with van der Waals surface area (Å²) in [7, 11) is 0. The Morgan fingerprint density at radius 3 is 2.38 bits per heavy atom. The Hall–Kier alpha value is -3.34. The lowest BCUT2D eigenvalue weighted by atomic mass is 9.51. The highest BCUT2D eigenvalue weighted by Gasteiger charge is 2.32. The number of hydrogen-bond donors (Lipinski definition) is 0. The van der Waals surface area contributed by atoms with Crippen molar-refractivity contribution < 1.29 is 4.92 Å². The first-order valence-electron chi connectivity index (χ1n) is 8.55. The molecule has 0 saturated heterocycles. The van der Waals surface area contributed by atoms with Crippen molar-refractivity contribution in [3.63, 3.8) is 0 Å². The normalized spacial score (nSPS) is 12.8. The van der Waals surface area contributed by atoms with Gasteiger partial charge in [0.25, 0.3) is 5.69 Å². The van der Waals surface area contributed by atoms with Crippen LogP contribution in [-0.4, -0.2) is 11.8 Å². The van der Waals surface area contributed by atoms with E-state index < -0.39 is 0 Å². The predicted octanol–water partition coefficient (Wildman–Crippen LogP) is 4.07. The van der Waals surface area contributed by atoms with Crippen LogP contribution in [-0.2, 0) is 6.54 Å². The molecule has 0 fully saturated rings. The van der Waals surface area contributed by atoms with Crippen LogP contribution in [0.4, 0.5) is 11.4 Å². The SMILES string of the molecule is O=[N+]([O-])c1ccccc1B1C=Cc2ccccc2N1Cc1ccccc1. The molecule has 0 unspecified atom stereocenters. The van der Waals surface area contributed by atoms with Crippen LogP contribution >= 0.6 is 0 Å². The van der Waals surface area contributed by atoms with E-state index in [1.165, 1.54) is 5.56 Å². The zero-order valence-corrected chi connectivity index (χ0v) is 14.2. The second kappa shape index (κ2) is 6.88. The molecule has 4 nitrogen and oxygen atoms in total. The zero-order valence-electron chi connectivity index (χ0n) is 14.2. The van der Waals surface area contributed by atoms with Gasteiger partial charge in [-0.25, -0.2) is 0 Å². The van der Waals surface area contributed by atoms with Crippen LogP contribution < -0.4 is 10.3 Å². The molecule has 0 atom stereocenters. The summed E-state index contributed by atoms with van der Waals surface area (Å²) in [5, 5.41) is 11.5. The van der Waals surface area contributed by atoms with Gasteiger partial charge < -0.3 is 4.81 Å². The standard InChI is InChI=1S/C21H17BN2O2/c25-24(26)21-13-7-5-11-19(21)22-15-14-18-10-4-6-12-20(18)23(22)16-17-8-2-1-3-9-17/h1-15H,16H2. The first-order valence-corrected chi connectivity index (χ1v) is 8.55. The van der Waals surface area contributed by atoms with Gasteiger partial charge in [-0.3, -0.25) is 10.1 Å². The summed E-state index contributed by atoms with van der Waals surface area (Å²) in [6.45, 7) is 0.491. The number of hydrogen-bond acceptors (Lipinski definition) is 3. The number of nitro benzene ring substituents is 1. The molecule has 5 heteroatoms. The first kappa shape index (κ1) is 16.2. The molecule has 1 aliphatic heterocycles. The third-order valence-electron chi connectivity index (χ3n) is 4.69. The van der Waals surface area contributed by atoms with Crippen LogP contribution in [0.3, 0.4) is 0 Å². The Morgan fingerprint density at radius 2 is 1.58 bits per heavy atom. The van der Waals surface area contributed by atoms with Crippen molar-refractivity contribution in [3.8, 4) is 0 Å². The molecule has 126 valence electrons. The van der Waals surface area contributed by atoms with Crippen molar-refractivity contribution in [2.24, 2.45) is 0 Å². The van der Waals surface area contributed by atoms with E-state index in [2.05, 4.69) is 35.2 Å². The highest BCUT2D eigenvalue weighted by atomic mass is 16.6. The van der Waals surface area contributed by atoms with Crippen LogP contribution in [0.15, 0.2) is 84.8 Å². The molecule has 4 rings (SSSR count). The van der Waals surface area contributed by atoms with Gasteiger partial charge in [-0.2, -0.15) is 0 Å². The van der Waals surface area contributed by atoms with Crippen LogP contribution in [0, 0.1) is 10.1 Å². The summed E-state index contributed by atoms with van der Waals surface area (Å²) < 4.78 is 0. The molecule has 1 aliphatic rings. The van der Waals surface area contributed by atoms with Gasteiger partial charge >= 0.3 is 6.85 Å². The Balaban J connectivity index is 1.82. The Labute approximate surface area is 152 Å². The minimum absolute atomic E-state index is 0.152. The van der Waals surface area contributed by atoms with E-state index >= 15 is 0 Å². The Bertz CT molecular complexity index is 973. The molecule has 0 N–H and O–H groups in total. The maximum Gasteiger partial charge on any atom is 0.323 e. The fraction of sp³-hybridized carbons (Fsp3) is 0.0476. The van der Waals surface area contributed by atoms with Crippen molar-refractivity contribution in [1.29, 1.82) is 0 Å². The molecular formula is C21H17BN2O2. The average molecular weight is 340 g/mol. The molecule has 0 bridgehead atoms. The largest absolute Gasteiger partial charge is 0.403 e. The second-order valence-electron chi connectivity index (χ2n) is 6.29. The fourth-order valence-corrected chi connectivity index (χ4v) is 3.48. The number of anilines is 1. The fourth-order valence-electron chi connectivity index (χ4n) is 3.48. The molecule has 0 spiro atoms. The van der Waals surface area contributed by atoms with Crippen LogP contribution in [0.1, 0.15) is 11.1 Å². The molecular weight excluding hydrogens is 323 g/mol. The topological polar surface area (TPSA) is 46.4 Å². The Kier molecular flexibility index (Phi) is 4.28. The highest BCUT2D eigenvalue weighted by Crippen LogP contribution is 2.29. The van der Waals surface area contributed by atoms with Crippen molar-refractivity contribution in [2.45, 2.75) is 6.54 Å². The molecule has 3 aromatic carbocycles. The van der Waals surface area contributed by atoms with Gasteiger partial charge in [0, 0.05) is 23.8 Å². The molecule has 0 aromatic heterocycles. The minimum Gasteiger partial charge on any atom is -0.403 e. The number of fused-ring (bicyclic) bond motifs is 1. The van der Waals surface area contributed by atoms with E-state index in [0.29, 0.717) is 12.0 Å². The van der Waals surface area contributed by atoms with Gasteiger partial charge in [0.05, 0.1) is 4.92 Å². The summed E-state index contributed by atoms with van der Waals surface area (Å²) >= 11 is 0. The molecule has 0 radical (unpaired) electrons. The summed E-state index contributed by atoms with van der Waals surface area (Å²) in [6, 6.07) is 25.3. The lowest BCUT2D eigenvalue weighted by molar-refractivity contribution is -0.383. The molecule has 0 amide bonds. The van der Waals surface area contributed by atoms with Gasteiger partial charge in [-0.1, -0.05) is 78.8 Å². The van der Waals surface area contributed by atoms with Gasteiger partial charge in [0.1, 0.15) is 0 Å². The maximum absolute atomic E-state index is 11.5. The average Bonchev–Trinajstić information content (AvgIpc) is 2.69. The van der Waals surface area contributed by atoms with Crippen molar-refractivity contribution in [2.75, 3.05) is 4.81 Å². The number of benzene rings is 3. The van der Waals surface area contributed by atoms with Crippen molar-refractivity contribution in [3.05, 3.63) is 106 Å². The van der Waals surface area contributed by atoms with Gasteiger partial charge in [0.15, 0.2) is 0 Å². The van der Waals surface area contributed by atoms with Gasteiger partial charge in [-0.15, -0.1) is 0 Å². The summed E-state index contributed by atoms with van der Waals surface area (Å²) in [5.74, 6) is 2.05. The molecule has 26 heavy (non-hydrogen) atoms. The number of para-hydroxylation sites is 2. The van der Waals surface area contributed by atoms with Crippen LogP contribution in [0.5, 0.6) is 0 Å². The number of nitro groups is 1. The van der Waals surface area contributed by atoms with E-state index in [9.17, 15) is 10.1 Å². The zero-order chi connectivity index (χ0) is 17.9. The van der Waals surface area contributed by atoms with Crippen molar-refractivity contribution in [1.82, 2.24) is 0 Å². The van der Waals surface area contributed by atoms with Gasteiger partial charge in [-0.05, 0) is 17.2 Å². The van der Waals surface area contributed by atoms with E-state index in [1.54, 1.807) is 12.1 Å². The van der Waals surface area contributed by atoms with Crippen LogP contribution in [0.25, 0.3) is 6.08 Å². The van der Waals surface area contributed by atoms with Crippen molar-refractivity contribution >= 4 is 29.8 Å². The summed E-state index contributed by atoms with van der Waals surface area (Å²) in [5.41, 5.74) is 4.24. The lowest BCUT2D eigenvalue weighted by Crippen LogP contribution is -2.49. The summed E-state index contributed by atoms with van der Waals surface area (Å²) in [4.78, 5) is 13.5. The predicted molar refractivity (Wildman–Crippen MR) is 107 cm³/mol.